The van der Waals surface area contributed by atoms with Gasteiger partial charge in [-0.3, -0.25) is 9.69 Å². The molecule has 0 N–H and O–H groups in total. The van der Waals surface area contributed by atoms with Gasteiger partial charge in [-0.2, -0.15) is 0 Å². The third kappa shape index (κ3) is 3.78. The smallest absolute Gasteiger partial charge is 0.149 e. The van der Waals surface area contributed by atoms with Crippen LogP contribution in [0.2, 0.25) is 0 Å². The minimum atomic E-state index is 0.366. The second-order valence-electron chi connectivity index (χ2n) is 5.65. The van der Waals surface area contributed by atoms with Gasteiger partial charge in [-0.15, -0.1) is 0 Å². The molecule has 0 spiro atoms. The molecular weight excluding hydrogens is 214 g/mol. The van der Waals surface area contributed by atoms with E-state index in [0.717, 1.165) is 32.5 Å². The third-order valence-corrected chi connectivity index (χ3v) is 4.21. The van der Waals surface area contributed by atoms with Crippen molar-refractivity contribution in [1.29, 1.82) is 0 Å². The highest BCUT2D eigenvalue weighted by atomic mass is 16.5. The van der Waals surface area contributed by atoms with Crippen LogP contribution in [0.25, 0.3) is 0 Å². The van der Waals surface area contributed by atoms with Gasteiger partial charge in [-0.1, -0.05) is 19.3 Å². The first kappa shape index (κ1) is 13.0. The topological polar surface area (TPSA) is 29.5 Å². The van der Waals surface area contributed by atoms with Crippen LogP contribution in [0, 0.1) is 11.8 Å². The van der Waals surface area contributed by atoms with Gasteiger partial charge in [-0.05, 0) is 31.7 Å². The number of methoxy groups -OCH3 is 1. The van der Waals surface area contributed by atoms with Crippen LogP contribution in [-0.4, -0.2) is 44.0 Å². The molecule has 1 saturated heterocycles. The molecule has 1 saturated carbocycles. The minimum absolute atomic E-state index is 0.366. The van der Waals surface area contributed by atoms with E-state index >= 15 is 0 Å². The highest BCUT2D eigenvalue weighted by Crippen LogP contribution is 2.25. The molecule has 1 aliphatic heterocycles. The Morgan fingerprint density at radius 1 is 1.24 bits per heavy atom. The van der Waals surface area contributed by atoms with E-state index in [-0.39, 0.29) is 0 Å². The van der Waals surface area contributed by atoms with E-state index in [4.69, 9.17) is 4.74 Å². The highest BCUT2D eigenvalue weighted by Gasteiger charge is 2.27. The maximum atomic E-state index is 12.1. The zero-order valence-corrected chi connectivity index (χ0v) is 11.0. The Kier molecular flexibility index (Phi) is 4.99. The lowest BCUT2D eigenvalue weighted by Gasteiger charge is -2.23. The number of ketones is 1. The van der Waals surface area contributed by atoms with Gasteiger partial charge < -0.3 is 4.74 Å². The summed E-state index contributed by atoms with van der Waals surface area (Å²) in [6.45, 7) is 3.65. The van der Waals surface area contributed by atoms with E-state index in [1.165, 1.54) is 25.7 Å². The van der Waals surface area contributed by atoms with Gasteiger partial charge >= 0.3 is 0 Å². The summed E-state index contributed by atoms with van der Waals surface area (Å²) in [5.74, 6) is 1.49. The predicted octanol–water partition coefficient (Wildman–Crippen LogP) is 2.10. The summed E-state index contributed by atoms with van der Waals surface area (Å²) in [5.41, 5.74) is 0. The number of carbonyl (C=O) groups is 1. The Balaban J connectivity index is 1.71. The Labute approximate surface area is 105 Å². The van der Waals surface area contributed by atoms with Crippen molar-refractivity contribution in [2.45, 2.75) is 38.5 Å². The van der Waals surface area contributed by atoms with E-state index in [2.05, 4.69) is 4.90 Å². The fourth-order valence-corrected chi connectivity index (χ4v) is 3.20. The molecule has 1 aliphatic carbocycles. The molecule has 1 atom stereocenters. The Hall–Kier alpha value is -0.410. The van der Waals surface area contributed by atoms with Gasteiger partial charge in [0.1, 0.15) is 5.78 Å². The van der Waals surface area contributed by atoms with Crippen LogP contribution < -0.4 is 0 Å². The summed E-state index contributed by atoms with van der Waals surface area (Å²) in [6, 6.07) is 0. The Morgan fingerprint density at radius 3 is 2.71 bits per heavy atom. The average Bonchev–Trinajstić information content (AvgIpc) is 2.78. The van der Waals surface area contributed by atoms with Crippen molar-refractivity contribution in [2.24, 2.45) is 11.8 Å². The van der Waals surface area contributed by atoms with E-state index in [1.807, 2.05) is 0 Å². The quantitative estimate of drug-likeness (QED) is 0.736. The molecule has 3 nitrogen and oxygen atoms in total. The summed E-state index contributed by atoms with van der Waals surface area (Å²) < 4.78 is 5.18. The van der Waals surface area contributed by atoms with Gasteiger partial charge in [-0.25, -0.2) is 0 Å². The van der Waals surface area contributed by atoms with Crippen LogP contribution in [0.5, 0.6) is 0 Å². The van der Waals surface area contributed by atoms with E-state index in [9.17, 15) is 4.79 Å². The highest BCUT2D eigenvalue weighted by molar-refractivity contribution is 5.83. The Morgan fingerprint density at radius 2 is 2.00 bits per heavy atom. The monoisotopic (exact) mass is 239 g/mol. The Bertz CT molecular complexity index is 249. The van der Waals surface area contributed by atoms with E-state index in [1.54, 1.807) is 7.11 Å². The lowest BCUT2D eigenvalue weighted by molar-refractivity contribution is -0.124. The molecule has 2 rings (SSSR count). The minimum Gasteiger partial charge on any atom is -0.384 e. The molecule has 0 radical (unpaired) electrons. The summed E-state index contributed by atoms with van der Waals surface area (Å²) in [5, 5.41) is 0. The maximum absolute atomic E-state index is 12.1. The van der Waals surface area contributed by atoms with Crippen LogP contribution in [0.4, 0.5) is 0 Å². The first-order valence-corrected chi connectivity index (χ1v) is 7.03. The van der Waals surface area contributed by atoms with Gasteiger partial charge in [0.25, 0.3) is 0 Å². The summed E-state index contributed by atoms with van der Waals surface area (Å²) in [7, 11) is 1.76. The maximum Gasteiger partial charge on any atom is 0.149 e. The molecule has 0 aromatic rings. The number of rotatable bonds is 5. The van der Waals surface area contributed by atoms with Crippen molar-refractivity contribution in [2.75, 3.05) is 33.4 Å². The SMILES string of the molecule is COCC1CCN(CC(=O)C2CCCCC2)C1. The van der Waals surface area contributed by atoms with Gasteiger partial charge in [0.05, 0.1) is 13.2 Å². The number of carbonyl (C=O) groups excluding carboxylic acids is 1. The molecule has 98 valence electrons. The molecule has 0 aromatic heterocycles. The number of nitrogens with zero attached hydrogens (tertiary/aromatic N) is 1. The molecule has 0 amide bonds. The van der Waals surface area contributed by atoms with Crippen LogP contribution in [-0.2, 0) is 9.53 Å². The van der Waals surface area contributed by atoms with Gasteiger partial charge in [0.2, 0.25) is 0 Å². The average molecular weight is 239 g/mol. The summed E-state index contributed by atoms with van der Waals surface area (Å²) >= 11 is 0. The fraction of sp³-hybridized carbons (Fsp3) is 0.929. The van der Waals surface area contributed by atoms with Crippen molar-refractivity contribution in [1.82, 2.24) is 4.90 Å². The molecular formula is C14H25NO2. The lowest BCUT2D eigenvalue weighted by atomic mass is 9.86. The largest absolute Gasteiger partial charge is 0.384 e. The first-order valence-electron chi connectivity index (χ1n) is 7.03. The lowest BCUT2D eigenvalue weighted by Crippen LogP contribution is -2.32. The van der Waals surface area contributed by atoms with Gasteiger partial charge in [0, 0.05) is 19.6 Å². The van der Waals surface area contributed by atoms with Crippen molar-refractivity contribution in [3.8, 4) is 0 Å². The fourth-order valence-electron chi connectivity index (χ4n) is 3.20. The molecule has 1 heterocycles. The number of hydrogen-bond donors (Lipinski definition) is 0. The second kappa shape index (κ2) is 6.50. The van der Waals surface area contributed by atoms with Crippen molar-refractivity contribution >= 4 is 5.78 Å². The molecule has 0 aromatic carbocycles. The van der Waals surface area contributed by atoms with E-state index in [0.29, 0.717) is 24.2 Å². The number of likely N-dealkylation sites (tertiary alicyclic amines) is 1. The number of Topliss-reactive ketones (excluding diaryl/α,β-unsaturated/α-hetero) is 1. The first-order chi connectivity index (χ1) is 8.29. The normalized spacial score (nSPS) is 27.5. The zero-order valence-electron chi connectivity index (χ0n) is 11.0. The molecule has 0 bridgehead atoms. The van der Waals surface area contributed by atoms with Crippen molar-refractivity contribution in [3.05, 3.63) is 0 Å². The van der Waals surface area contributed by atoms with Crippen LogP contribution >= 0.6 is 0 Å². The number of hydrogen-bond acceptors (Lipinski definition) is 3. The molecule has 1 unspecified atom stereocenters. The van der Waals surface area contributed by atoms with E-state index < -0.39 is 0 Å². The van der Waals surface area contributed by atoms with Gasteiger partial charge in [0.15, 0.2) is 0 Å². The van der Waals surface area contributed by atoms with Crippen LogP contribution in [0.3, 0.4) is 0 Å². The molecule has 17 heavy (non-hydrogen) atoms. The van der Waals surface area contributed by atoms with Crippen molar-refractivity contribution in [3.63, 3.8) is 0 Å². The number of ether oxygens (including phenoxy) is 1. The summed E-state index contributed by atoms with van der Waals surface area (Å²) in [4.78, 5) is 14.5. The second-order valence-corrected chi connectivity index (χ2v) is 5.65. The van der Waals surface area contributed by atoms with Crippen molar-refractivity contribution < 1.29 is 9.53 Å². The van der Waals surface area contributed by atoms with Crippen LogP contribution in [0.15, 0.2) is 0 Å². The standard InChI is InChI=1S/C14H25NO2/c1-17-11-12-7-8-15(9-12)10-14(16)13-5-3-2-4-6-13/h12-13H,2-11H2,1H3. The van der Waals surface area contributed by atoms with Crippen LogP contribution in [0.1, 0.15) is 38.5 Å². The third-order valence-electron chi connectivity index (χ3n) is 4.21. The molecule has 2 fully saturated rings. The molecule has 3 heteroatoms. The summed E-state index contributed by atoms with van der Waals surface area (Å²) in [6.07, 6.45) is 7.28. The zero-order chi connectivity index (χ0) is 12.1. The molecule has 2 aliphatic rings. The predicted molar refractivity (Wildman–Crippen MR) is 68.0 cm³/mol.